The molecule has 2 fully saturated rings. The van der Waals surface area contributed by atoms with Crippen LogP contribution >= 0.6 is 0 Å². The van der Waals surface area contributed by atoms with Gasteiger partial charge in [0, 0.05) is 0 Å². The standard InChI is InChI=1S/C13H21NO6/c1-3-6(4-2)19-11-9(15)7(12(16)17)5-8-10(11)20-13(18)14-8/h6-11,15H,3-5H2,1-2H3,(H,14,18)(H,16,17). The number of ether oxygens (including phenoxy) is 2. The van der Waals surface area contributed by atoms with Crippen molar-refractivity contribution in [3.8, 4) is 0 Å². The number of rotatable bonds is 5. The van der Waals surface area contributed by atoms with Gasteiger partial charge in [-0.25, -0.2) is 4.79 Å². The van der Waals surface area contributed by atoms with Gasteiger partial charge in [-0.15, -0.1) is 0 Å². The Bertz CT molecular complexity index is 383. The molecule has 0 aromatic rings. The van der Waals surface area contributed by atoms with Crippen molar-refractivity contribution in [2.75, 3.05) is 0 Å². The summed E-state index contributed by atoms with van der Waals surface area (Å²) in [5.74, 6) is -2.05. The van der Waals surface area contributed by atoms with Crippen LogP contribution in [0.5, 0.6) is 0 Å². The largest absolute Gasteiger partial charge is 0.481 e. The molecule has 1 heterocycles. The van der Waals surface area contributed by atoms with Crippen molar-refractivity contribution in [3.63, 3.8) is 0 Å². The molecule has 1 saturated heterocycles. The number of carboxylic acids is 1. The molecule has 0 radical (unpaired) electrons. The van der Waals surface area contributed by atoms with Crippen molar-refractivity contribution in [3.05, 3.63) is 0 Å². The Morgan fingerprint density at radius 2 is 2.15 bits per heavy atom. The van der Waals surface area contributed by atoms with Crippen LogP contribution in [-0.4, -0.2) is 52.7 Å². The molecule has 1 saturated carbocycles. The molecular formula is C13H21NO6. The number of aliphatic hydroxyl groups is 1. The van der Waals surface area contributed by atoms with Crippen molar-refractivity contribution in [2.24, 2.45) is 5.92 Å². The van der Waals surface area contributed by atoms with Gasteiger partial charge in [0.15, 0.2) is 6.10 Å². The van der Waals surface area contributed by atoms with E-state index >= 15 is 0 Å². The Morgan fingerprint density at radius 1 is 1.50 bits per heavy atom. The van der Waals surface area contributed by atoms with E-state index in [0.717, 1.165) is 12.8 Å². The van der Waals surface area contributed by atoms with E-state index in [4.69, 9.17) is 9.47 Å². The summed E-state index contributed by atoms with van der Waals surface area (Å²) in [4.78, 5) is 22.6. The molecule has 7 nitrogen and oxygen atoms in total. The van der Waals surface area contributed by atoms with E-state index in [2.05, 4.69) is 5.32 Å². The summed E-state index contributed by atoms with van der Waals surface area (Å²) in [5, 5.41) is 22.0. The first-order valence-electron chi connectivity index (χ1n) is 7.01. The van der Waals surface area contributed by atoms with Gasteiger partial charge in [-0.3, -0.25) is 4.79 Å². The van der Waals surface area contributed by atoms with Crippen molar-refractivity contribution in [1.29, 1.82) is 0 Å². The predicted molar refractivity (Wildman–Crippen MR) is 68.2 cm³/mol. The Morgan fingerprint density at radius 3 is 2.70 bits per heavy atom. The Labute approximate surface area is 117 Å². The maximum atomic E-state index is 11.3. The van der Waals surface area contributed by atoms with E-state index in [9.17, 15) is 19.8 Å². The molecule has 5 unspecified atom stereocenters. The second kappa shape index (κ2) is 5.97. The molecule has 2 aliphatic rings. The zero-order valence-corrected chi connectivity index (χ0v) is 11.6. The van der Waals surface area contributed by atoms with E-state index in [1.165, 1.54) is 0 Å². The van der Waals surface area contributed by atoms with Crippen LogP contribution in [-0.2, 0) is 14.3 Å². The first-order chi connectivity index (χ1) is 9.47. The van der Waals surface area contributed by atoms with Crippen LogP contribution in [0.25, 0.3) is 0 Å². The highest BCUT2D eigenvalue weighted by atomic mass is 16.6. The zero-order valence-electron chi connectivity index (χ0n) is 11.6. The molecule has 1 aliphatic carbocycles. The number of carbonyl (C=O) groups is 2. The van der Waals surface area contributed by atoms with Crippen molar-refractivity contribution in [2.45, 2.75) is 63.6 Å². The minimum atomic E-state index is -1.18. The van der Waals surface area contributed by atoms with Gasteiger partial charge in [0.25, 0.3) is 0 Å². The molecule has 0 bridgehead atoms. The number of hydrogen-bond donors (Lipinski definition) is 3. The number of aliphatic hydroxyl groups excluding tert-OH is 1. The van der Waals surface area contributed by atoms with Crippen LogP contribution in [0.2, 0.25) is 0 Å². The third-order valence-corrected chi connectivity index (χ3v) is 4.10. The first kappa shape index (κ1) is 15.1. The second-order valence-corrected chi connectivity index (χ2v) is 5.33. The van der Waals surface area contributed by atoms with E-state index in [-0.39, 0.29) is 12.5 Å². The average molecular weight is 287 g/mol. The third kappa shape index (κ3) is 2.73. The lowest BCUT2D eigenvalue weighted by Gasteiger charge is -2.39. The minimum Gasteiger partial charge on any atom is -0.481 e. The molecular weight excluding hydrogens is 266 g/mol. The van der Waals surface area contributed by atoms with E-state index in [1.54, 1.807) is 0 Å². The number of carboxylic acid groups (broad SMARTS) is 1. The lowest BCUT2D eigenvalue weighted by Crippen LogP contribution is -2.57. The Kier molecular flexibility index (Phi) is 4.49. The number of hydrogen-bond acceptors (Lipinski definition) is 5. The summed E-state index contributed by atoms with van der Waals surface area (Å²) in [6, 6.07) is -0.425. The number of nitrogens with one attached hydrogen (secondary N) is 1. The summed E-state index contributed by atoms with van der Waals surface area (Å²) in [6.07, 6.45) is -1.66. The van der Waals surface area contributed by atoms with E-state index in [1.807, 2.05) is 13.8 Å². The lowest BCUT2D eigenvalue weighted by atomic mass is 9.79. The molecule has 1 amide bonds. The fraction of sp³-hybridized carbons (Fsp3) is 0.846. The van der Waals surface area contributed by atoms with Gasteiger partial charge in [-0.2, -0.15) is 0 Å². The number of alkyl carbamates (subject to hydrolysis) is 1. The molecule has 1 aliphatic heterocycles. The van der Waals surface area contributed by atoms with Crippen LogP contribution in [0.15, 0.2) is 0 Å². The maximum Gasteiger partial charge on any atom is 0.407 e. The lowest BCUT2D eigenvalue weighted by molar-refractivity contribution is -0.177. The van der Waals surface area contributed by atoms with Crippen LogP contribution < -0.4 is 5.32 Å². The first-order valence-corrected chi connectivity index (χ1v) is 7.01. The molecule has 3 N–H and O–H groups in total. The quantitative estimate of drug-likeness (QED) is 0.680. The molecule has 7 heteroatoms. The fourth-order valence-electron chi connectivity index (χ4n) is 2.91. The topological polar surface area (TPSA) is 105 Å². The third-order valence-electron chi connectivity index (χ3n) is 4.10. The SMILES string of the molecule is CCC(CC)OC1C(O)C(C(=O)O)CC2NC(=O)OC21. The predicted octanol–water partition coefficient (Wildman–Crippen LogP) is 0.503. The van der Waals surface area contributed by atoms with Crippen molar-refractivity contribution < 1.29 is 29.3 Å². The van der Waals surface area contributed by atoms with Gasteiger partial charge < -0.3 is 25.0 Å². The average Bonchev–Trinajstić information content (AvgIpc) is 2.77. The highest BCUT2D eigenvalue weighted by Gasteiger charge is 2.53. The van der Waals surface area contributed by atoms with Crippen LogP contribution in [0, 0.1) is 5.92 Å². The Hall–Kier alpha value is -1.34. The highest BCUT2D eigenvalue weighted by molar-refractivity contribution is 5.73. The molecule has 0 spiro atoms. The minimum absolute atomic E-state index is 0.0952. The molecule has 2 rings (SSSR count). The van der Waals surface area contributed by atoms with Gasteiger partial charge in [0.05, 0.1) is 24.2 Å². The van der Waals surface area contributed by atoms with Gasteiger partial charge in [0.2, 0.25) is 0 Å². The van der Waals surface area contributed by atoms with Crippen molar-refractivity contribution in [1.82, 2.24) is 5.32 Å². The summed E-state index contributed by atoms with van der Waals surface area (Å²) < 4.78 is 11.0. The van der Waals surface area contributed by atoms with Crippen LogP contribution in [0.4, 0.5) is 4.79 Å². The molecule has 20 heavy (non-hydrogen) atoms. The van der Waals surface area contributed by atoms with Gasteiger partial charge >= 0.3 is 12.1 Å². The van der Waals surface area contributed by atoms with Gasteiger partial charge in [-0.05, 0) is 19.3 Å². The van der Waals surface area contributed by atoms with Crippen molar-refractivity contribution >= 4 is 12.1 Å². The summed E-state index contributed by atoms with van der Waals surface area (Å²) in [7, 11) is 0. The number of fused-ring (bicyclic) bond motifs is 1. The molecule has 114 valence electrons. The number of carbonyl (C=O) groups excluding carboxylic acids is 1. The fourth-order valence-corrected chi connectivity index (χ4v) is 2.91. The molecule has 5 atom stereocenters. The normalized spacial score (nSPS) is 36.4. The summed E-state index contributed by atoms with van der Waals surface area (Å²) >= 11 is 0. The van der Waals surface area contributed by atoms with E-state index in [0.29, 0.717) is 0 Å². The number of amides is 1. The zero-order chi connectivity index (χ0) is 14.9. The van der Waals surface area contributed by atoms with Gasteiger partial charge in [-0.1, -0.05) is 13.8 Å². The highest BCUT2D eigenvalue weighted by Crippen LogP contribution is 2.33. The number of aliphatic carboxylic acids is 1. The monoisotopic (exact) mass is 287 g/mol. The van der Waals surface area contributed by atoms with Crippen LogP contribution in [0.1, 0.15) is 33.1 Å². The van der Waals surface area contributed by atoms with Gasteiger partial charge in [0.1, 0.15) is 6.10 Å². The molecule has 0 aromatic heterocycles. The Balaban J connectivity index is 2.19. The molecule has 0 aromatic carbocycles. The summed E-state index contributed by atoms with van der Waals surface area (Å²) in [5.41, 5.74) is 0. The van der Waals surface area contributed by atoms with Crippen LogP contribution in [0.3, 0.4) is 0 Å². The second-order valence-electron chi connectivity index (χ2n) is 5.33. The maximum absolute atomic E-state index is 11.3. The summed E-state index contributed by atoms with van der Waals surface area (Å²) in [6.45, 7) is 3.91. The smallest absolute Gasteiger partial charge is 0.407 e. The van der Waals surface area contributed by atoms with E-state index < -0.39 is 42.3 Å².